The van der Waals surface area contributed by atoms with Gasteiger partial charge in [0.2, 0.25) is 0 Å². The second-order valence-corrected chi connectivity index (χ2v) is 8.01. The van der Waals surface area contributed by atoms with Crippen LogP contribution >= 0.6 is 11.8 Å². The molecule has 0 aromatic heterocycles. The fraction of sp³-hybridized carbons (Fsp3) is 0.333. The van der Waals surface area contributed by atoms with Gasteiger partial charge < -0.3 is 10.1 Å². The van der Waals surface area contributed by atoms with E-state index in [1.807, 2.05) is 49.4 Å². The third-order valence-corrected chi connectivity index (χ3v) is 5.74. The van der Waals surface area contributed by atoms with Crippen LogP contribution in [0.1, 0.15) is 36.5 Å². The predicted molar refractivity (Wildman–Crippen MR) is 105 cm³/mol. The quantitative estimate of drug-likeness (QED) is 0.798. The summed E-state index contributed by atoms with van der Waals surface area (Å²) in [6, 6.07) is 13.9. The lowest BCUT2D eigenvalue weighted by atomic mass is 9.98. The van der Waals surface area contributed by atoms with Gasteiger partial charge in [0, 0.05) is 10.6 Å². The SMILES string of the molecule is Cc1cccc(C(C)C)c1NC(=O)COC(=O)C1Cc2ccccc2S1. The van der Waals surface area contributed by atoms with Gasteiger partial charge in [-0.15, -0.1) is 11.8 Å². The van der Waals surface area contributed by atoms with Crippen LogP contribution in [0.3, 0.4) is 0 Å². The highest BCUT2D eigenvalue weighted by atomic mass is 32.2. The van der Waals surface area contributed by atoms with Gasteiger partial charge in [-0.1, -0.05) is 50.2 Å². The standard InChI is InChI=1S/C21H23NO3S/c1-13(2)16-9-6-7-14(3)20(16)22-19(23)12-25-21(24)18-11-15-8-4-5-10-17(15)26-18/h4-10,13,18H,11-12H2,1-3H3,(H,22,23). The van der Waals surface area contributed by atoms with E-state index in [4.69, 9.17) is 4.74 Å². The number of rotatable bonds is 5. The lowest BCUT2D eigenvalue weighted by molar-refractivity contribution is -0.146. The maximum Gasteiger partial charge on any atom is 0.320 e. The number of anilines is 1. The number of para-hydroxylation sites is 1. The van der Waals surface area contributed by atoms with Gasteiger partial charge in [0.1, 0.15) is 5.25 Å². The average molecular weight is 369 g/mol. The molecule has 0 saturated heterocycles. The lowest BCUT2D eigenvalue weighted by Crippen LogP contribution is -2.26. The molecule has 3 rings (SSSR count). The fourth-order valence-electron chi connectivity index (χ4n) is 3.06. The molecule has 0 saturated carbocycles. The second kappa shape index (κ2) is 7.96. The number of thioether (sulfide) groups is 1. The van der Waals surface area contributed by atoms with E-state index in [9.17, 15) is 9.59 Å². The van der Waals surface area contributed by atoms with Gasteiger partial charge >= 0.3 is 5.97 Å². The van der Waals surface area contributed by atoms with Crippen molar-refractivity contribution in [3.05, 3.63) is 59.2 Å². The van der Waals surface area contributed by atoms with Crippen molar-refractivity contribution in [1.82, 2.24) is 0 Å². The highest BCUT2D eigenvalue weighted by Gasteiger charge is 2.29. The zero-order valence-corrected chi connectivity index (χ0v) is 16.1. The van der Waals surface area contributed by atoms with Crippen LogP contribution in [0.4, 0.5) is 5.69 Å². The number of esters is 1. The second-order valence-electron chi connectivity index (χ2n) is 6.77. The largest absolute Gasteiger partial charge is 0.455 e. The van der Waals surface area contributed by atoms with Crippen LogP contribution < -0.4 is 5.32 Å². The number of hydrogen-bond donors (Lipinski definition) is 1. The van der Waals surface area contributed by atoms with Gasteiger partial charge in [-0.25, -0.2) is 0 Å². The molecular formula is C21H23NO3S. The van der Waals surface area contributed by atoms with Crippen LogP contribution in [0.5, 0.6) is 0 Å². The molecule has 1 amide bonds. The number of nitrogens with one attached hydrogen (secondary N) is 1. The Hall–Kier alpha value is -2.27. The lowest BCUT2D eigenvalue weighted by Gasteiger charge is -2.16. The summed E-state index contributed by atoms with van der Waals surface area (Å²) >= 11 is 1.50. The van der Waals surface area contributed by atoms with E-state index in [0.717, 1.165) is 27.3 Å². The molecule has 2 aromatic rings. The van der Waals surface area contributed by atoms with Crippen molar-refractivity contribution in [2.75, 3.05) is 11.9 Å². The number of carbonyl (C=O) groups excluding carboxylic acids is 2. The molecule has 1 aliphatic rings. The van der Waals surface area contributed by atoms with E-state index in [-0.39, 0.29) is 23.7 Å². The highest BCUT2D eigenvalue weighted by molar-refractivity contribution is 8.01. The summed E-state index contributed by atoms with van der Waals surface area (Å²) < 4.78 is 5.26. The van der Waals surface area contributed by atoms with Crippen molar-refractivity contribution in [2.24, 2.45) is 0 Å². The Bertz CT molecular complexity index is 807. The first kappa shape index (κ1) is 18.5. The predicted octanol–water partition coefficient (Wildman–Crippen LogP) is 4.32. The van der Waals surface area contributed by atoms with Crippen LogP contribution in [0.25, 0.3) is 0 Å². The molecule has 1 heterocycles. The molecule has 1 atom stereocenters. The maximum absolute atomic E-state index is 12.3. The van der Waals surface area contributed by atoms with E-state index in [2.05, 4.69) is 19.2 Å². The third-order valence-electron chi connectivity index (χ3n) is 4.45. The normalized spacial score (nSPS) is 15.6. The average Bonchev–Trinajstić information content (AvgIpc) is 3.05. The van der Waals surface area contributed by atoms with Gasteiger partial charge in [0.15, 0.2) is 6.61 Å². The van der Waals surface area contributed by atoms with Gasteiger partial charge in [-0.05, 0) is 42.0 Å². The fourth-order valence-corrected chi connectivity index (χ4v) is 4.25. The van der Waals surface area contributed by atoms with Crippen molar-refractivity contribution in [2.45, 2.75) is 43.3 Å². The molecule has 1 aliphatic heterocycles. The van der Waals surface area contributed by atoms with E-state index in [1.54, 1.807) is 0 Å². The minimum atomic E-state index is -0.338. The molecule has 0 radical (unpaired) electrons. The number of amides is 1. The molecular weight excluding hydrogens is 346 g/mol. The van der Waals surface area contributed by atoms with E-state index >= 15 is 0 Å². The van der Waals surface area contributed by atoms with E-state index < -0.39 is 0 Å². The van der Waals surface area contributed by atoms with Crippen molar-refractivity contribution in [3.63, 3.8) is 0 Å². The minimum Gasteiger partial charge on any atom is -0.455 e. The maximum atomic E-state index is 12.3. The first-order valence-corrected chi connectivity index (χ1v) is 9.64. The molecule has 1 unspecified atom stereocenters. The number of benzene rings is 2. The number of carbonyl (C=O) groups is 2. The molecule has 0 bridgehead atoms. The van der Waals surface area contributed by atoms with E-state index in [1.165, 1.54) is 11.8 Å². The van der Waals surface area contributed by atoms with Crippen LogP contribution in [-0.4, -0.2) is 23.7 Å². The van der Waals surface area contributed by atoms with Gasteiger partial charge in [-0.2, -0.15) is 0 Å². The smallest absolute Gasteiger partial charge is 0.320 e. The summed E-state index contributed by atoms with van der Waals surface area (Å²) in [5.74, 6) is -0.355. The van der Waals surface area contributed by atoms with Gasteiger partial charge in [0.25, 0.3) is 5.91 Å². The molecule has 2 aromatic carbocycles. The topological polar surface area (TPSA) is 55.4 Å². The van der Waals surface area contributed by atoms with Crippen LogP contribution in [0.2, 0.25) is 0 Å². The van der Waals surface area contributed by atoms with Crippen molar-refractivity contribution < 1.29 is 14.3 Å². The van der Waals surface area contributed by atoms with Crippen molar-refractivity contribution in [3.8, 4) is 0 Å². The molecule has 5 heteroatoms. The number of fused-ring (bicyclic) bond motifs is 1. The first-order chi connectivity index (χ1) is 12.5. The first-order valence-electron chi connectivity index (χ1n) is 8.76. The molecule has 1 N–H and O–H groups in total. The zero-order valence-electron chi connectivity index (χ0n) is 15.2. The summed E-state index contributed by atoms with van der Waals surface area (Å²) in [7, 11) is 0. The Morgan fingerprint density at radius 3 is 2.69 bits per heavy atom. The molecule has 4 nitrogen and oxygen atoms in total. The minimum absolute atomic E-state index is 0.266. The number of ether oxygens (including phenoxy) is 1. The summed E-state index contributed by atoms with van der Waals surface area (Å²) in [5, 5.41) is 2.63. The van der Waals surface area contributed by atoms with E-state index in [0.29, 0.717) is 12.3 Å². The Morgan fingerprint density at radius 1 is 1.19 bits per heavy atom. The molecule has 0 spiro atoms. The molecule has 0 aliphatic carbocycles. The number of aryl methyl sites for hydroxylation is 1. The Labute approximate surface area is 158 Å². The van der Waals surface area contributed by atoms with Crippen molar-refractivity contribution in [1.29, 1.82) is 0 Å². The van der Waals surface area contributed by atoms with Crippen molar-refractivity contribution >= 4 is 29.3 Å². The number of hydrogen-bond acceptors (Lipinski definition) is 4. The Morgan fingerprint density at radius 2 is 1.96 bits per heavy atom. The summed E-state index contributed by atoms with van der Waals surface area (Å²) in [6.07, 6.45) is 0.649. The van der Waals surface area contributed by atoms with Crippen LogP contribution in [-0.2, 0) is 20.7 Å². The molecule has 0 fully saturated rings. The molecule has 26 heavy (non-hydrogen) atoms. The Kier molecular flexibility index (Phi) is 5.67. The molecule has 136 valence electrons. The summed E-state index contributed by atoms with van der Waals surface area (Å²) in [6.45, 7) is 5.86. The zero-order chi connectivity index (χ0) is 18.7. The van der Waals surface area contributed by atoms with Gasteiger partial charge in [-0.3, -0.25) is 9.59 Å². The van der Waals surface area contributed by atoms with Crippen LogP contribution in [0.15, 0.2) is 47.4 Å². The third kappa shape index (κ3) is 4.10. The van der Waals surface area contributed by atoms with Gasteiger partial charge in [0.05, 0.1) is 0 Å². The van der Waals surface area contributed by atoms with Crippen LogP contribution in [0, 0.1) is 6.92 Å². The summed E-state index contributed by atoms with van der Waals surface area (Å²) in [5.41, 5.74) is 4.04. The Balaban J connectivity index is 1.56. The summed E-state index contributed by atoms with van der Waals surface area (Å²) in [4.78, 5) is 25.7. The monoisotopic (exact) mass is 369 g/mol. The highest BCUT2D eigenvalue weighted by Crippen LogP contribution is 2.37.